The first kappa shape index (κ1) is 35.6. The monoisotopic (exact) mass is 821 g/mol. The standard InChI is InChI=1S/C57H35N5S/c1-5-17-36(18-6-1)39-31-32-42-41-25-13-14-27-46(41)62(49(42)35-39)48-29-16-30-50-52(48)44-34-33-43-51-45(26-15-28-47(51)61(53(43)54(44)63-50)40-23-11-4-12-24-40)57-59-55(37-19-7-2-8-20-37)58-56(60-57)38-21-9-3-10-22-38/h1-35H. The van der Waals surface area contributed by atoms with Crippen molar-refractivity contribution in [3.8, 4) is 56.7 Å². The largest absolute Gasteiger partial charge is 0.309 e. The summed E-state index contributed by atoms with van der Waals surface area (Å²) in [7, 11) is 0. The minimum Gasteiger partial charge on any atom is -0.309 e. The lowest BCUT2D eigenvalue weighted by molar-refractivity contribution is 1.08. The highest BCUT2D eigenvalue weighted by atomic mass is 32.1. The van der Waals surface area contributed by atoms with Gasteiger partial charge in [-0.15, -0.1) is 11.3 Å². The molecule has 0 atom stereocenters. The number of aromatic nitrogens is 5. The van der Waals surface area contributed by atoms with Crippen LogP contribution in [0.3, 0.4) is 0 Å². The SMILES string of the molecule is c1ccc(-c2ccc3c4ccccc4n(-c4cccc5sc6c(ccc7c8c(-c9nc(-c%10ccccc%10)nc(-c%10ccccc%10)n9)cccc8n(-c8ccccc8)c76)c45)c3c2)cc1. The average Bonchev–Trinajstić information content (AvgIpc) is 4.03. The second kappa shape index (κ2) is 14.2. The number of hydrogen-bond donors (Lipinski definition) is 0. The molecule has 0 bridgehead atoms. The minimum absolute atomic E-state index is 0.639. The van der Waals surface area contributed by atoms with Crippen LogP contribution in [0.5, 0.6) is 0 Å². The Kier molecular flexibility index (Phi) is 8.01. The zero-order valence-corrected chi connectivity index (χ0v) is 34.7. The van der Waals surface area contributed by atoms with Crippen molar-refractivity contribution >= 4 is 75.1 Å². The molecule has 0 radical (unpaired) electrons. The van der Waals surface area contributed by atoms with Crippen LogP contribution in [0, 0.1) is 0 Å². The summed E-state index contributed by atoms with van der Waals surface area (Å²) in [5, 5.41) is 7.21. The summed E-state index contributed by atoms with van der Waals surface area (Å²) in [5.41, 5.74) is 12.2. The molecule has 4 heterocycles. The summed E-state index contributed by atoms with van der Waals surface area (Å²) in [6.07, 6.45) is 0. The first-order chi connectivity index (χ1) is 31.3. The molecule has 13 aromatic rings. The zero-order chi connectivity index (χ0) is 41.4. The van der Waals surface area contributed by atoms with Crippen molar-refractivity contribution in [3.63, 3.8) is 0 Å². The molecule has 0 spiro atoms. The zero-order valence-electron chi connectivity index (χ0n) is 33.9. The normalized spacial score (nSPS) is 11.8. The first-order valence-corrected chi connectivity index (χ1v) is 22.0. The Morgan fingerprint density at radius 1 is 0.349 bits per heavy atom. The van der Waals surface area contributed by atoms with Gasteiger partial charge < -0.3 is 9.13 Å². The van der Waals surface area contributed by atoms with Gasteiger partial charge in [-0.05, 0) is 53.6 Å². The molecular weight excluding hydrogens is 787 g/mol. The van der Waals surface area contributed by atoms with E-state index in [0.717, 1.165) is 38.7 Å². The van der Waals surface area contributed by atoms with Crippen LogP contribution in [0.4, 0.5) is 0 Å². The van der Waals surface area contributed by atoms with Gasteiger partial charge >= 0.3 is 0 Å². The van der Waals surface area contributed by atoms with E-state index in [-0.39, 0.29) is 0 Å². The molecule has 9 aromatic carbocycles. The number of thiophene rings is 1. The molecule has 0 aliphatic carbocycles. The van der Waals surface area contributed by atoms with Gasteiger partial charge in [-0.2, -0.15) is 0 Å². The van der Waals surface area contributed by atoms with E-state index in [1.54, 1.807) is 0 Å². The number of rotatable bonds is 6. The van der Waals surface area contributed by atoms with Gasteiger partial charge in [0.25, 0.3) is 0 Å². The van der Waals surface area contributed by atoms with Crippen LogP contribution < -0.4 is 0 Å². The summed E-state index contributed by atoms with van der Waals surface area (Å²) in [4.78, 5) is 15.5. The van der Waals surface area contributed by atoms with Crippen LogP contribution in [0.25, 0.3) is 120 Å². The van der Waals surface area contributed by atoms with E-state index in [4.69, 9.17) is 15.0 Å². The molecule has 0 fully saturated rings. The van der Waals surface area contributed by atoms with Gasteiger partial charge in [0, 0.05) is 59.4 Å². The molecule has 0 aliphatic rings. The first-order valence-electron chi connectivity index (χ1n) is 21.2. The molecule has 0 unspecified atom stereocenters. The summed E-state index contributed by atoms with van der Waals surface area (Å²) in [6, 6.07) is 75.5. The third kappa shape index (κ3) is 5.59. The Balaban J connectivity index is 1.11. The highest BCUT2D eigenvalue weighted by Gasteiger charge is 2.24. The third-order valence-corrected chi connectivity index (χ3v) is 13.5. The lowest BCUT2D eigenvalue weighted by Gasteiger charge is -2.11. The van der Waals surface area contributed by atoms with Crippen LogP contribution in [-0.2, 0) is 0 Å². The average molecular weight is 822 g/mol. The second-order valence-corrected chi connectivity index (χ2v) is 17.0. The predicted molar refractivity (Wildman–Crippen MR) is 263 cm³/mol. The Morgan fingerprint density at radius 2 is 0.921 bits per heavy atom. The van der Waals surface area contributed by atoms with Crippen LogP contribution in [-0.4, -0.2) is 24.1 Å². The fraction of sp³-hybridized carbons (Fsp3) is 0. The van der Waals surface area contributed by atoms with Crippen LogP contribution in [0.1, 0.15) is 0 Å². The maximum atomic E-state index is 5.22. The Bertz CT molecular complexity index is 3830. The minimum atomic E-state index is 0.639. The van der Waals surface area contributed by atoms with Gasteiger partial charge in [0.05, 0.1) is 32.5 Å². The van der Waals surface area contributed by atoms with Crippen molar-refractivity contribution in [2.45, 2.75) is 0 Å². The van der Waals surface area contributed by atoms with E-state index in [1.807, 2.05) is 47.7 Å². The molecular formula is C57H35N5S. The van der Waals surface area contributed by atoms with Crippen molar-refractivity contribution in [1.29, 1.82) is 0 Å². The Morgan fingerprint density at radius 3 is 1.65 bits per heavy atom. The second-order valence-electron chi connectivity index (χ2n) is 16.0. The lowest BCUT2D eigenvalue weighted by Crippen LogP contribution is -2.00. The van der Waals surface area contributed by atoms with E-state index in [1.165, 1.54) is 64.3 Å². The number of fused-ring (bicyclic) bond motifs is 10. The van der Waals surface area contributed by atoms with Crippen molar-refractivity contribution in [2.24, 2.45) is 0 Å². The molecule has 0 amide bonds. The van der Waals surface area contributed by atoms with Gasteiger partial charge in [0.15, 0.2) is 17.5 Å². The van der Waals surface area contributed by atoms with E-state index in [0.29, 0.717) is 17.5 Å². The van der Waals surface area contributed by atoms with E-state index in [9.17, 15) is 0 Å². The Labute approximate surface area is 366 Å². The van der Waals surface area contributed by atoms with E-state index in [2.05, 4.69) is 185 Å². The van der Waals surface area contributed by atoms with Crippen molar-refractivity contribution in [2.75, 3.05) is 0 Å². The number of hydrogen-bond acceptors (Lipinski definition) is 4. The lowest BCUT2D eigenvalue weighted by atomic mass is 10.0. The van der Waals surface area contributed by atoms with Gasteiger partial charge in [-0.25, -0.2) is 15.0 Å². The number of benzene rings is 9. The molecule has 294 valence electrons. The molecule has 6 heteroatoms. The van der Waals surface area contributed by atoms with Crippen molar-refractivity contribution in [3.05, 3.63) is 212 Å². The summed E-state index contributed by atoms with van der Waals surface area (Å²) >= 11 is 1.86. The van der Waals surface area contributed by atoms with Crippen LogP contribution in [0.2, 0.25) is 0 Å². The maximum Gasteiger partial charge on any atom is 0.164 e. The van der Waals surface area contributed by atoms with E-state index >= 15 is 0 Å². The van der Waals surface area contributed by atoms with Crippen molar-refractivity contribution in [1.82, 2.24) is 24.1 Å². The molecule has 13 rings (SSSR count). The fourth-order valence-electron chi connectivity index (χ4n) is 9.60. The molecule has 5 nitrogen and oxygen atoms in total. The molecule has 0 N–H and O–H groups in total. The van der Waals surface area contributed by atoms with Gasteiger partial charge in [-0.3, -0.25) is 0 Å². The van der Waals surface area contributed by atoms with Gasteiger partial charge in [0.1, 0.15) is 0 Å². The highest BCUT2D eigenvalue weighted by molar-refractivity contribution is 7.26. The van der Waals surface area contributed by atoms with Gasteiger partial charge in [0.2, 0.25) is 0 Å². The van der Waals surface area contributed by atoms with Crippen LogP contribution in [0.15, 0.2) is 212 Å². The highest BCUT2D eigenvalue weighted by Crippen LogP contribution is 2.47. The van der Waals surface area contributed by atoms with E-state index < -0.39 is 0 Å². The predicted octanol–water partition coefficient (Wildman–Crippen LogP) is 15.1. The number of para-hydroxylation sites is 2. The van der Waals surface area contributed by atoms with Gasteiger partial charge in [-0.1, -0.05) is 170 Å². The van der Waals surface area contributed by atoms with Crippen molar-refractivity contribution < 1.29 is 0 Å². The topological polar surface area (TPSA) is 48.5 Å². The summed E-state index contributed by atoms with van der Waals surface area (Å²) < 4.78 is 7.39. The fourth-order valence-corrected chi connectivity index (χ4v) is 10.9. The molecule has 4 aromatic heterocycles. The third-order valence-electron chi connectivity index (χ3n) is 12.4. The summed E-state index contributed by atoms with van der Waals surface area (Å²) in [5.74, 6) is 1.92. The molecule has 0 saturated carbocycles. The molecule has 0 saturated heterocycles. The number of nitrogens with zero attached hydrogens (tertiary/aromatic N) is 5. The Hall–Kier alpha value is -8.19. The maximum absolute atomic E-state index is 5.22. The molecule has 0 aliphatic heterocycles. The smallest absolute Gasteiger partial charge is 0.164 e. The summed E-state index contributed by atoms with van der Waals surface area (Å²) in [6.45, 7) is 0. The quantitative estimate of drug-likeness (QED) is 0.168. The molecule has 63 heavy (non-hydrogen) atoms. The van der Waals surface area contributed by atoms with Crippen LogP contribution >= 0.6 is 11.3 Å².